The SMILES string of the molecule is CCC(C)(NC(=O)c1ccccc1F)C(=O)O. The Morgan fingerprint density at radius 2 is 2.00 bits per heavy atom. The van der Waals surface area contributed by atoms with E-state index in [0.29, 0.717) is 0 Å². The number of hydrogen-bond donors (Lipinski definition) is 2. The summed E-state index contributed by atoms with van der Waals surface area (Å²) in [4.78, 5) is 22.7. The van der Waals surface area contributed by atoms with Crippen LogP contribution in [0.2, 0.25) is 0 Å². The molecule has 0 aliphatic rings. The van der Waals surface area contributed by atoms with Crippen LogP contribution < -0.4 is 5.32 Å². The van der Waals surface area contributed by atoms with E-state index in [-0.39, 0.29) is 12.0 Å². The highest BCUT2D eigenvalue weighted by molar-refractivity contribution is 5.97. The molecule has 1 rings (SSSR count). The standard InChI is InChI=1S/C12H14FNO3/c1-3-12(2,11(16)17)14-10(15)8-6-4-5-7-9(8)13/h4-7H,3H2,1-2H3,(H,14,15)(H,16,17). The predicted molar refractivity (Wildman–Crippen MR) is 60.2 cm³/mol. The molecule has 0 fully saturated rings. The van der Waals surface area contributed by atoms with Gasteiger partial charge in [0, 0.05) is 0 Å². The lowest BCUT2D eigenvalue weighted by Crippen LogP contribution is -2.51. The van der Waals surface area contributed by atoms with E-state index in [1.54, 1.807) is 6.92 Å². The molecule has 1 unspecified atom stereocenters. The zero-order chi connectivity index (χ0) is 13.1. The highest BCUT2D eigenvalue weighted by atomic mass is 19.1. The first-order valence-corrected chi connectivity index (χ1v) is 5.21. The summed E-state index contributed by atoms with van der Waals surface area (Å²) in [6.45, 7) is 3.02. The van der Waals surface area contributed by atoms with Crippen molar-refractivity contribution in [3.05, 3.63) is 35.6 Å². The van der Waals surface area contributed by atoms with Gasteiger partial charge in [0.1, 0.15) is 11.4 Å². The van der Waals surface area contributed by atoms with Gasteiger partial charge in [0.2, 0.25) is 0 Å². The van der Waals surface area contributed by atoms with Crippen LogP contribution in [0.3, 0.4) is 0 Å². The highest BCUT2D eigenvalue weighted by Gasteiger charge is 2.33. The molecule has 1 aromatic rings. The van der Waals surface area contributed by atoms with Crippen molar-refractivity contribution in [3.8, 4) is 0 Å². The molecule has 1 atom stereocenters. The number of carboxylic acids is 1. The van der Waals surface area contributed by atoms with E-state index in [9.17, 15) is 14.0 Å². The maximum absolute atomic E-state index is 13.3. The summed E-state index contributed by atoms with van der Waals surface area (Å²) in [5, 5.41) is 11.3. The van der Waals surface area contributed by atoms with Gasteiger partial charge in [-0.3, -0.25) is 4.79 Å². The van der Waals surface area contributed by atoms with Gasteiger partial charge >= 0.3 is 5.97 Å². The van der Waals surface area contributed by atoms with Crippen molar-refractivity contribution in [1.82, 2.24) is 5.32 Å². The summed E-state index contributed by atoms with van der Waals surface area (Å²) < 4.78 is 13.3. The Balaban J connectivity index is 2.93. The Morgan fingerprint density at radius 1 is 1.41 bits per heavy atom. The summed E-state index contributed by atoms with van der Waals surface area (Å²) in [6, 6.07) is 5.44. The molecule has 5 heteroatoms. The third-order valence-corrected chi connectivity index (χ3v) is 2.69. The van der Waals surface area contributed by atoms with Crippen molar-refractivity contribution in [2.45, 2.75) is 25.8 Å². The van der Waals surface area contributed by atoms with Crippen LogP contribution in [0.25, 0.3) is 0 Å². The first-order chi connectivity index (χ1) is 7.90. The molecule has 0 radical (unpaired) electrons. The number of halogens is 1. The lowest BCUT2D eigenvalue weighted by Gasteiger charge is -2.24. The molecular formula is C12H14FNO3. The van der Waals surface area contributed by atoms with E-state index >= 15 is 0 Å². The van der Waals surface area contributed by atoms with Gasteiger partial charge in [0.15, 0.2) is 0 Å². The first-order valence-electron chi connectivity index (χ1n) is 5.21. The number of carbonyl (C=O) groups excluding carboxylic acids is 1. The average molecular weight is 239 g/mol. The van der Waals surface area contributed by atoms with Gasteiger partial charge in [-0.1, -0.05) is 19.1 Å². The van der Waals surface area contributed by atoms with Crippen LogP contribution in [0.15, 0.2) is 24.3 Å². The van der Waals surface area contributed by atoms with E-state index in [1.807, 2.05) is 0 Å². The molecule has 0 heterocycles. The Bertz CT molecular complexity index is 447. The van der Waals surface area contributed by atoms with Crippen molar-refractivity contribution in [2.24, 2.45) is 0 Å². The lowest BCUT2D eigenvalue weighted by molar-refractivity contribution is -0.143. The topological polar surface area (TPSA) is 66.4 Å². The van der Waals surface area contributed by atoms with Crippen LogP contribution in [0.1, 0.15) is 30.6 Å². The molecule has 0 spiro atoms. The fourth-order valence-electron chi connectivity index (χ4n) is 1.26. The second kappa shape index (κ2) is 4.95. The van der Waals surface area contributed by atoms with E-state index in [1.165, 1.54) is 25.1 Å². The maximum atomic E-state index is 13.3. The third kappa shape index (κ3) is 2.81. The second-order valence-corrected chi connectivity index (χ2v) is 3.92. The number of carbonyl (C=O) groups is 2. The number of amides is 1. The largest absolute Gasteiger partial charge is 0.480 e. The highest BCUT2D eigenvalue weighted by Crippen LogP contribution is 2.12. The molecule has 0 bridgehead atoms. The zero-order valence-corrected chi connectivity index (χ0v) is 9.66. The molecule has 0 saturated heterocycles. The predicted octanol–water partition coefficient (Wildman–Crippen LogP) is 1.81. The molecule has 0 aromatic heterocycles. The van der Waals surface area contributed by atoms with Crippen LogP contribution in [0.5, 0.6) is 0 Å². The fourth-order valence-corrected chi connectivity index (χ4v) is 1.26. The minimum Gasteiger partial charge on any atom is -0.480 e. The maximum Gasteiger partial charge on any atom is 0.329 e. The van der Waals surface area contributed by atoms with Crippen LogP contribution in [-0.2, 0) is 4.79 Å². The molecule has 0 saturated carbocycles. The van der Waals surface area contributed by atoms with Gasteiger partial charge < -0.3 is 10.4 Å². The molecule has 17 heavy (non-hydrogen) atoms. The number of hydrogen-bond acceptors (Lipinski definition) is 2. The van der Waals surface area contributed by atoms with Crippen LogP contribution in [-0.4, -0.2) is 22.5 Å². The average Bonchev–Trinajstić information content (AvgIpc) is 2.29. The second-order valence-electron chi connectivity index (χ2n) is 3.92. The first kappa shape index (κ1) is 13.2. The van der Waals surface area contributed by atoms with Crippen LogP contribution in [0.4, 0.5) is 4.39 Å². The number of benzene rings is 1. The Kier molecular flexibility index (Phi) is 3.83. The number of aliphatic carboxylic acids is 1. The van der Waals surface area contributed by atoms with Gasteiger partial charge in [0.25, 0.3) is 5.91 Å². The van der Waals surface area contributed by atoms with Gasteiger partial charge in [-0.25, -0.2) is 9.18 Å². The van der Waals surface area contributed by atoms with E-state index in [0.717, 1.165) is 6.07 Å². The number of nitrogens with one attached hydrogen (secondary N) is 1. The number of carboxylic acid groups (broad SMARTS) is 1. The Labute approximate surface area is 98.5 Å². The minimum atomic E-state index is -1.39. The molecule has 1 aromatic carbocycles. The third-order valence-electron chi connectivity index (χ3n) is 2.69. The van der Waals surface area contributed by atoms with Crippen molar-refractivity contribution in [2.75, 3.05) is 0 Å². The summed E-state index contributed by atoms with van der Waals surface area (Å²) in [7, 11) is 0. The normalized spacial score (nSPS) is 13.8. The van der Waals surface area contributed by atoms with Gasteiger partial charge in [0.05, 0.1) is 5.56 Å². The van der Waals surface area contributed by atoms with E-state index in [4.69, 9.17) is 5.11 Å². The zero-order valence-electron chi connectivity index (χ0n) is 9.66. The molecule has 0 aliphatic heterocycles. The Morgan fingerprint density at radius 3 is 2.47 bits per heavy atom. The van der Waals surface area contributed by atoms with Crippen molar-refractivity contribution in [1.29, 1.82) is 0 Å². The summed E-state index contributed by atoms with van der Waals surface area (Å²) >= 11 is 0. The van der Waals surface area contributed by atoms with Gasteiger partial charge in [-0.2, -0.15) is 0 Å². The molecule has 2 N–H and O–H groups in total. The molecule has 92 valence electrons. The van der Waals surface area contributed by atoms with Crippen molar-refractivity contribution in [3.63, 3.8) is 0 Å². The summed E-state index contributed by atoms with van der Waals surface area (Å²) in [5.41, 5.74) is -1.55. The van der Waals surface area contributed by atoms with Gasteiger partial charge in [-0.05, 0) is 25.5 Å². The monoisotopic (exact) mass is 239 g/mol. The Hall–Kier alpha value is -1.91. The minimum absolute atomic E-state index is 0.159. The fraction of sp³-hybridized carbons (Fsp3) is 0.333. The molecule has 1 amide bonds. The van der Waals surface area contributed by atoms with Crippen molar-refractivity contribution < 1.29 is 19.1 Å². The van der Waals surface area contributed by atoms with Crippen LogP contribution >= 0.6 is 0 Å². The number of rotatable bonds is 4. The molecular weight excluding hydrogens is 225 g/mol. The quantitative estimate of drug-likeness (QED) is 0.842. The van der Waals surface area contributed by atoms with E-state index < -0.39 is 23.2 Å². The smallest absolute Gasteiger partial charge is 0.329 e. The lowest BCUT2D eigenvalue weighted by atomic mass is 9.98. The molecule has 0 aliphatic carbocycles. The van der Waals surface area contributed by atoms with E-state index in [2.05, 4.69) is 5.32 Å². The molecule has 4 nitrogen and oxygen atoms in total. The summed E-state index contributed by atoms with van der Waals surface area (Å²) in [6.07, 6.45) is 0.211. The summed E-state index contributed by atoms with van der Waals surface area (Å²) in [5.74, 6) is -2.55. The van der Waals surface area contributed by atoms with Crippen molar-refractivity contribution >= 4 is 11.9 Å². The van der Waals surface area contributed by atoms with Crippen LogP contribution in [0, 0.1) is 5.82 Å². The van der Waals surface area contributed by atoms with Gasteiger partial charge in [-0.15, -0.1) is 0 Å².